The van der Waals surface area contributed by atoms with E-state index in [0.717, 1.165) is 0 Å². The first-order valence-corrected chi connectivity index (χ1v) is 6.09. The summed E-state index contributed by atoms with van der Waals surface area (Å²) in [5, 5.41) is 17.8. The lowest BCUT2D eigenvalue weighted by Gasteiger charge is -2.42. The van der Waals surface area contributed by atoms with Crippen molar-refractivity contribution in [3.63, 3.8) is 0 Å². The van der Waals surface area contributed by atoms with Crippen LogP contribution in [0, 0.1) is 0 Å². The minimum absolute atomic E-state index is 0.0579. The largest absolute Gasteiger partial charge is 0.477 e. The molecular weight excluding hydrogens is 226 g/mol. The molecule has 2 heterocycles. The number of rotatable bonds is 2. The lowest BCUT2D eigenvalue weighted by atomic mass is 10.1. The van der Waals surface area contributed by atoms with Gasteiger partial charge in [-0.1, -0.05) is 21.6 Å². The fourth-order valence-electron chi connectivity index (χ4n) is 1.34. The predicted octanol–water partition coefficient (Wildman–Crippen LogP) is 0.228. The Morgan fingerprint density at radius 2 is 2.36 bits per heavy atom. The van der Waals surface area contributed by atoms with Gasteiger partial charge in [-0.3, -0.25) is 9.69 Å². The smallest absolute Gasteiger partial charge is 0.353 e. The van der Waals surface area contributed by atoms with Gasteiger partial charge in [0, 0.05) is 0 Å². The Morgan fingerprint density at radius 3 is 2.86 bits per heavy atom. The Bertz CT molecular complexity index is 341. The lowest BCUT2D eigenvalue weighted by molar-refractivity contribution is -0.145. The molecule has 2 N–H and O–H groups in total. The van der Waals surface area contributed by atoms with Crippen LogP contribution in [0.15, 0.2) is 10.6 Å². The molecule has 5 nitrogen and oxygen atoms in total. The van der Waals surface area contributed by atoms with Crippen molar-refractivity contribution in [1.82, 2.24) is 4.90 Å². The lowest BCUT2D eigenvalue weighted by Crippen LogP contribution is -2.52. The number of hydrogen-bond acceptors (Lipinski definition) is 5. The van der Waals surface area contributed by atoms with Gasteiger partial charge >= 0.3 is 5.97 Å². The number of aliphatic hydroxyl groups is 1. The number of carboxylic acids is 1. The SMILES string of the molecule is O=C(O)C1=C(CO)SS[C@H]2CC(=O)N12. The van der Waals surface area contributed by atoms with Gasteiger partial charge in [-0.05, 0) is 0 Å². The zero-order valence-electron chi connectivity index (χ0n) is 6.97. The van der Waals surface area contributed by atoms with Gasteiger partial charge in [0.15, 0.2) is 0 Å². The Balaban J connectivity index is 2.37. The van der Waals surface area contributed by atoms with Gasteiger partial charge in [0.25, 0.3) is 0 Å². The molecule has 1 atom stereocenters. The number of carboxylic acid groups (broad SMARTS) is 1. The molecule has 0 radical (unpaired) electrons. The maximum Gasteiger partial charge on any atom is 0.353 e. The summed E-state index contributed by atoms with van der Waals surface area (Å²) < 4.78 is 0. The molecule has 0 spiro atoms. The first-order valence-electron chi connectivity index (χ1n) is 3.88. The summed E-state index contributed by atoms with van der Waals surface area (Å²) in [7, 11) is 2.65. The van der Waals surface area contributed by atoms with Crippen LogP contribution in [0.5, 0.6) is 0 Å². The summed E-state index contributed by atoms with van der Waals surface area (Å²) >= 11 is 0. The molecule has 14 heavy (non-hydrogen) atoms. The van der Waals surface area contributed by atoms with Crippen LogP contribution in [0.25, 0.3) is 0 Å². The maximum atomic E-state index is 11.2. The molecule has 76 valence electrons. The fraction of sp³-hybridized carbons (Fsp3) is 0.429. The molecule has 2 rings (SSSR count). The second-order valence-corrected chi connectivity index (χ2v) is 5.31. The molecule has 7 heteroatoms. The standard InChI is InChI=1S/C7H7NO4S2/c9-2-3-6(7(11)12)8-4(10)1-5(8)14-13-3/h5,9H,1-2H2,(H,11,12)/t5-/m0/s1. The third-order valence-electron chi connectivity index (χ3n) is 2.02. The quantitative estimate of drug-likeness (QED) is 0.525. The summed E-state index contributed by atoms with van der Waals surface area (Å²) in [4.78, 5) is 23.6. The van der Waals surface area contributed by atoms with Crippen molar-refractivity contribution in [2.24, 2.45) is 0 Å². The van der Waals surface area contributed by atoms with Gasteiger partial charge in [0.2, 0.25) is 5.91 Å². The number of β-lactam (4-membered cyclic amide) rings is 1. The van der Waals surface area contributed by atoms with E-state index in [1.165, 1.54) is 26.5 Å². The molecule has 0 aromatic carbocycles. The summed E-state index contributed by atoms with van der Waals surface area (Å²) in [6.07, 6.45) is 0.382. The zero-order valence-corrected chi connectivity index (χ0v) is 8.60. The van der Waals surface area contributed by atoms with Crippen molar-refractivity contribution in [2.75, 3.05) is 6.61 Å². The molecule has 0 aliphatic carbocycles. The van der Waals surface area contributed by atoms with E-state index in [2.05, 4.69) is 0 Å². The molecule has 2 aliphatic heterocycles. The maximum absolute atomic E-state index is 11.2. The van der Waals surface area contributed by atoms with Crippen molar-refractivity contribution in [1.29, 1.82) is 0 Å². The summed E-state index contributed by atoms with van der Waals surface area (Å²) in [5.74, 6) is -1.34. The van der Waals surface area contributed by atoms with E-state index in [-0.39, 0.29) is 23.6 Å². The molecule has 0 bridgehead atoms. The van der Waals surface area contributed by atoms with E-state index in [1.807, 2.05) is 0 Å². The van der Waals surface area contributed by atoms with Gasteiger partial charge in [-0.25, -0.2) is 4.79 Å². The highest BCUT2D eigenvalue weighted by atomic mass is 33.1. The van der Waals surface area contributed by atoms with Gasteiger partial charge < -0.3 is 10.2 Å². The summed E-state index contributed by atoms with van der Waals surface area (Å²) in [6.45, 7) is -0.337. The van der Waals surface area contributed by atoms with Crippen LogP contribution in [0.3, 0.4) is 0 Å². The highest BCUT2D eigenvalue weighted by Crippen LogP contribution is 2.49. The predicted molar refractivity (Wildman–Crippen MR) is 52.2 cm³/mol. The normalized spacial score (nSPS) is 25.9. The molecule has 1 amide bonds. The van der Waals surface area contributed by atoms with Crippen LogP contribution in [-0.2, 0) is 9.59 Å². The number of fused-ring (bicyclic) bond motifs is 1. The van der Waals surface area contributed by atoms with Crippen molar-refractivity contribution in [3.8, 4) is 0 Å². The highest BCUT2D eigenvalue weighted by molar-refractivity contribution is 8.78. The van der Waals surface area contributed by atoms with E-state index >= 15 is 0 Å². The number of aliphatic carboxylic acids is 1. The number of aliphatic hydroxyl groups excluding tert-OH is 1. The van der Waals surface area contributed by atoms with E-state index in [0.29, 0.717) is 11.3 Å². The monoisotopic (exact) mass is 233 g/mol. The van der Waals surface area contributed by atoms with Crippen LogP contribution >= 0.6 is 21.6 Å². The molecule has 0 aromatic rings. The molecule has 2 aliphatic rings. The number of nitrogens with zero attached hydrogens (tertiary/aromatic N) is 1. The first kappa shape index (κ1) is 9.88. The van der Waals surface area contributed by atoms with Crippen LogP contribution in [0.4, 0.5) is 0 Å². The number of carbonyl (C=O) groups is 2. The topological polar surface area (TPSA) is 77.8 Å². The molecule has 1 saturated heterocycles. The summed E-state index contributed by atoms with van der Waals surface area (Å²) in [5.41, 5.74) is -0.0579. The second-order valence-electron chi connectivity index (χ2n) is 2.84. The van der Waals surface area contributed by atoms with Gasteiger partial charge in [-0.2, -0.15) is 0 Å². The van der Waals surface area contributed by atoms with Crippen LogP contribution in [0.1, 0.15) is 6.42 Å². The van der Waals surface area contributed by atoms with Crippen LogP contribution in [-0.4, -0.2) is 39.0 Å². The van der Waals surface area contributed by atoms with Crippen LogP contribution < -0.4 is 0 Å². The fourth-order valence-corrected chi connectivity index (χ4v) is 3.95. The van der Waals surface area contributed by atoms with E-state index in [1.54, 1.807) is 0 Å². The first-order chi connectivity index (χ1) is 6.65. The van der Waals surface area contributed by atoms with Gasteiger partial charge in [0.05, 0.1) is 17.9 Å². The molecule has 0 aromatic heterocycles. The Morgan fingerprint density at radius 1 is 1.64 bits per heavy atom. The molecule has 1 fully saturated rings. The third-order valence-corrected chi connectivity index (χ3v) is 4.80. The van der Waals surface area contributed by atoms with Gasteiger partial charge in [0.1, 0.15) is 11.1 Å². The number of hydrogen-bond donors (Lipinski definition) is 2. The van der Waals surface area contributed by atoms with Crippen molar-refractivity contribution >= 4 is 33.5 Å². The summed E-state index contributed by atoms with van der Waals surface area (Å²) in [6, 6.07) is 0. The van der Waals surface area contributed by atoms with Gasteiger partial charge in [-0.15, -0.1) is 0 Å². The Labute approximate surface area is 87.5 Å². The Kier molecular flexibility index (Phi) is 2.46. The van der Waals surface area contributed by atoms with Crippen LogP contribution in [0.2, 0.25) is 0 Å². The Hall–Kier alpha value is -0.660. The van der Waals surface area contributed by atoms with Crippen molar-refractivity contribution in [3.05, 3.63) is 10.6 Å². The van der Waals surface area contributed by atoms with E-state index < -0.39 is 5.97 Å². The minimum atomic E-state index is -1.15. The second kappa shape index (κ2) is 3.48. The molecule has 0 unspecified atom stereocenters. The van der Waals surface area contributed by atoms with Crippen molar-refractivity contribution in [2.45, 2.75) is 11.8 Å². The average molecular weight is 233 g/mol. The van der Waals surface area contributed by atoms with E-state index in [9.17, 15) is 9.59 Å². The average Bonchev–Trinajstić information content (AvgIpc) is 2.15. The zero-order chi connectivity index (χ0) is 10.3. The number of amides is 1. The third kappa shape index (κ3) is 1.32. The molecule has 0 saturated carbocycles. The van der Waals surface area contributed by atoms with Crippen molar-refractivity contribution < 1.29 is 19.8 Å². The highest BCUT2D eigenvalue weighted by Gasteiger charge is 2.45. The molecular formula is C7H7NO4S2. The number of carbonyl (C=O) groups excluding carboxylic acids is 1. The minimum Gasteiger partial charge on any atom is -0.477 e. The van der Waals surface area contributed by atoms with E-state index in [4.69, 9.17) is 10.2 Å².